The number of aromatic nitrogens is 5. The maximum Gasteiger partial charge on any atom is 0.228 e. The van der Waals surface area contributed by atoms with Crippen molar-refractivity contribution in [3.63, 3.8) is 0 Å². The van der Waals surface area contributed by atoms with Crippen molar-refractivity contribution in [2.45, 2.75) is 19.9 Å². The molecule has 4 heterocycles. The summed E-state index contributed by atoms with van der Waals surface area (Å²) in [6, 6.07) is 7.73. The molecule has 0 aliphatic heterocycles. The summed E-state index contributed by atoms with van der Waals surface area (Å²) in [5, 5.41) is 6.09. The molecule has 0 fully saturated rings. The van der Waals surface area contributed by atoms with Gasteiger partial charge in [0.05, 0.1) is 4.88 Å². The zero-order chi connectivity index (χ0) is 16.4. The van der Waals surface area contributed by atoms with Crippen LogP contribution >= 0.6 is 11.3 Å². The maximum atomic E-state index is 5.34. The van der Waals surface area contributed by atoms with Crippen LogP contribution in [0.2, 0.25) is 0 Å². The Bertz CT molecular complexity index is 941. The second kappa shape index (κ2) is 6.37. The topological polar surface area (TPSA) is 69.6 Å². The van der Waals surface area contributed by atoms with Crippen LogP contribution < -0.4 is 0 Å². The molecule has 7 heteroatoms. The van der Waals surface area contributed by atoms with Gasteiger partial charge in [-0.2, -0.15) is 4.98 Å². The van der Waals surface area contributed by atoms with Crippen molar-refractivity contribution in [2.24, 2.45) is 0 Å². The molecule has 24 heavy (non-hydrogen) atoms. The zero-order valence-electron chi connectivity index (χ0n) is 13.1. The molecular weight excluding hydrogens is 322 g/mol. The van der Waals surface area contributed by atoms with Crippen molar-refractivity contribution < 1.29 is 4.52 Å². The molecule has 0 aliphatic rings. The van der Waals surface area contributed by atoms with Gasteiger partial charge in [0.2, 0.25) is 11.7 Å². The van der Waals surface area contributed by atoms with E-state index in [4.69, 9.17) is 4.52 Å². The first-order valence-corrected chi connectivity index (χ1v) is 8.49. The van der Waals surface area contributed by atoms with Crippen molar-refractivity contribution in [2.75, 3.05) is 0 Å². The van der Waals surface area contributed by atoms with Crippen LogP contribution in [0.25, 0.3) is 22.2 Å². The van der Waals surface area contributed by atoms with Gasteiger partial charge in [-0.05, 0) is 36.1 Å². The third kappa shape index (κ3) is 2.85. The summed E-state index contributed by atoms with van der Waals surface area (Å²) in [4.78, 5) is 14.3. The average molecular weight is 337 g/mol. The third-order valence-corrected chi connectivity index (χ3v) is 4.72. The molecule has 0 atom stereocenters. The van der Waals surface area contributed by atoms with Crippen LogP contribution in [0, 0.1) is 6.92 Å². The van der Waals surface area contributed by atoms with Crippen LogP contribution in [-0.4, -0.2) is 24.7 Å². The Morgan fingerprint density at radius 2 is 2.12 bits per heavy atom. The van der Waals surface area contributed by atoms with Crippen LogP contribution in [0.5, 0.6) is 0 Å². The van der Waals surface area contributed by atoms with Crippen LogP contribution in [0.3, 0.4) is 0 Å². The molecule has 6 nitrogen and oxygen atoms in total. The largest absolute Gasteiger partial charge is 0.339 e. The SMILES string of the molecule is Cc1ccsc1-c1nccn1CCc1nc(-c2ccccn2)no1. The molecule has 0 radical (unpaired) electrons. The normalized spacial score (nSPS) is 11.0. The van der Waals surface area contributed by atoms with Crippen LogP contribution in [0.4, 0.5) is 0 Å². The minimum Gasteiger partial charge on any atom is -0.339 e. The highest BCUT2D eigenvalue weighted by molar-refractivity contribution is 7.13. The monoisotopic (exact) mass is 337 g/mol. The van der Waals surface area contributed by atoms with Gasteiger partial charge in [0.1, 0.15) is 11.5 Å². The van der Waals surface area contributed by atoms with Gasteiger partial charge in [-0.15, -0.1) is 11.3 Å². The fourth-order valence-corrected chi connectivity index (χ4v) is 3.41. The molecule has 4 aromatic rings. The molecule has 4 rings (SSSR count). The van der Waals surface area contributed by atoms with E-state index in [1.54, 1.807) is 17.5 Å². The van der Waals surface area contributed by atoms with Crippen molar-refractivity contribution in [1.82, 2.24) is 24.7 Å². The fraction of sp³-hybridized carbons (Fsp3) is 0.176. The predicted octanol–water partition coefficient (Wildman–Crippen LogP) is 3.61. The van der Waals surface area contributed by atoms with Crippen LogP contribution in [0.15, 0.2) is 52.8 Å². The number of hydrogen-bond donors (Lipinski definition) is 0. The highest BCUT2D eigenvalue weighted by Crippen LogP contribution is 2.27. The molecule has 0 spiro atoms. The smallest absolute Gasteiger partial charge is 0.228 e. The van der Waals surface area contributed by atoms with Gasteiger partial charge in [0, 0.05) is 31.6 Å². The summed E-state index contributed by atoms with van der Waals surface area (Å²) in [5.41, 5.74) is 1.95. The van der Waals surface area contributed by atoms with E-state index in [1.165, 1.54) is 10.4 Å². The molecule has 0 aliphatic carbocycles. The minimum absolute atomic E-state index is 0.519. The molecular formula is C17H15N5OS. The Balaban J connectivity index is 1.50. The Morgan fingerprint density at radius 3 is 2.92 bits per heavy atom. The van der Waals surface area contributed by atoms with E-state index in [9.17, 15) is 0 Å². The molecule has 4 aromatic heterocycles. The van der Waals surface area contributed by atoms with Crippen LogP contribution in [0.1, 0.15) is 11.5 Å². The second-order valence-electron chi connectivity index (χ2n) is 5.35. The Hall–Kier alpha value is -2.80. The lowest BCUT2D eigenvalue weighted by Crippen LogP contribution is -2.02. The highest BCUT2D eigenvalue weighted by atomic mass is 32.1. The predicted molar refractivity (Wildman–Crippen MR) is 91.5 cm³/mol. The van der Waals surface area contributed by atoms with Gasteiger partial charge < -0.3 is 9.09 Å². The van der Waals surface area contributed by atoms with Gasteiger partial charge in [0.15, 0.2) is 0 Å². The molecule has 0 amide bonds. The van der Waals surface area contributed by atoms with E-state index < -0.39 is 0 Å². The molecule has 120 valence electrons. The van der Waals surface area contributed by atoms with Crippen molar-refractivity contribution in [3.05, 3.63) is 59.7 Å². The second-order valence-corrected chi connectivity index (χ2v) is 6.27. The summed E-state index contributed by atoms with van der Waals surface area (Å²) in [6.07, 6.45) is 6.16. The summed E-state index contributed by atoms with van der Waals surface area (Å²) in [6.45, 7) is 2.83. The Labute approximate surface area is 142 Å². The molecule has 0 bridgehead atoms. The summed E-state index contributed by atoms with van der Waals surface area (Å²) in [7, 11) is 0. The molecule has 0 unspecified atom stereocenters. The first-order valence-electron chi connectivity index (χ1n) is 7.61. The lowest BCUT2D eigenvalue weighted by molar-refractivity contribution is 0.372. The van der Waals surface area contributed by atoms with Crippen molar-refractivity contribution in [1.29, 1.82) is 0 Å². The van der Waals surface area contributed by atoms with Gasteiger partial charge in [-0.3, -0.25) is 4.98 Å². The number of rotatable bonds is 5. The van der Waals surface area contributed by atoms with E-state index in [0.29, 0.717) is 23.8 Å². The lowest BCUT2D eigenvalue weighted by Gasteiger charge is -2.05. The van der Waals surface area contributed by atoms with Gasteiger partial charge in [-0.1, -0.05) is 11.2 Å². The number of aryl methyl sites for hydroxylation is 3. The van der Waals surface area contributed by atoms with Gasteiger partial charge >= 0.3 is 0 Å². The van der Waals surface area contributed by atoms with Crippen molar-refractivity contribution in [3.8, 4) is 22.2 Å². The highest BCUT2D eigenvalue weighted by Gasteiger charge is 2.13. The first kappa shape index (κ1) is 14.8. The van der Waals surface area contributed by atoms with E-state index in [2.05, 4.69) is 43.0 Å². The third-order valence-electron chi connectivity index (χ3n) is 3.71. The lowest BCUT2D eigenvalue weighted by atomic mass is 10.3. The standard InChI is InChI=1S/C17H15N5OS/c1-12-6-11-24-15(12)17-19-8-10-22(17)9-5-14-20-16(21-23-14)13-4-2-3-7-18-13/h2-4,6-8,10-11H,5,9H2,1H3. The van der Waals surface area contributed by atoms with E-state index in [1.807, 2.05) is 30.6 Å². The molecule has 0 saturated carbocycles. The average Bonchev–Trinajstić information content (AvgIpc) is 3.34. The summed E-state index contributed by atoms with van der Waals surface area (Å²) >= 11 is 1.70. The maximum absolute atomic E-state index is 5.34. The number of thiophene rings is 1. The molecule has 0 saturated heterocycles. The zero-order valence-corrected chi connectivity index (χ0v) is 13.9. The minimum atomic E-state index is 0.519. The number of hydrogen-bond acceptors (Lipinski definition) is 6. The first-order chi connectivity index (χ1) is 11.8. The quantitative estimate of drug-likeness (QED) is 0.556. The number of nitrogens with zero attached hydrogens (tertiary/aromatic N) is 5. The number of pyridine rings is 1. The Kier molecular flexibility index (Phi) is 3.92. The van der Waals surface area contributed by atoms with Crippen LogP contribution in [-0.2, 0) is 13.0 Å². The van der Waals surface area contributed by atoms with Crippen molar-refractivity contribution >= 4 is 11.3 Å². The van der Waals surface area contributed by atoms with Gasteiger partial charge in [0.25, 0.3) is 0 Å². The van der Waals surface area contributed by atoms with E-state index >= 15 is 0 Å². The van der Waals surface area contributed by atoms with E-state index in [0.717, 1.165) is 12.4 Å². The molecule has 0 N–H and O–H groups in total. The Morgan fingerprint density at radius 1 is 1.17 bits per heavy atom. The summed E-state index contributed by atoms with van der Waals surface area (Å²) < 4.78 is 7.45. The molecule has 0 aromatic carbocycles. The van der Waals surface area contributed by atoms with E-state index in [-0.39, 0.29) is 0 Å². The fourth-order valence-electron chi connectivity index (χ4n) is 2.47. The number of imidazole rings is 1. The summed E-state index contributed by atoms with van der Waals surface area (Å²) in [5.74, 6) is 2.09. The van der Waals surface area contributed by atoms with Gasteiger partial charge in [-0.25, -0.2) is 4.98 Å².